The van der Waals surface area contributed by atoms with Crippen molar-refractivity contribution in [1.29, 1.82) is 0 Å². The zero-order valence-electron chi connectivity index (χ0n) is 10.3. The molecule has 2 nitrogen and oxygen atoms in total. The van der Waals surface area contributed by atoms with E-state index in [1.165, 1.54) is 0 Å². The van der Waals surface area contributed by atoms with Gasteiger partial charge in [-0.15, -0.1) is 11.8 Å². The molecule has 2 aromatic carbocycles. The molecule has 4 heteroatoms. The molecule has 1 heterocycles. The van der Waals surface area contributed by atoms with Crippen molar-refractivity contribution in [3.8, 4) is 0 Å². The van der Waals surface area contributed by atoms with Crippen LogP contribution in [0.4, 0.5) is 5.69 Å². The first kappa shape index (κ1) is 12.8. The second-order valence-electron chi connectivity index (χ2n) is 4.42. The summed E-state index contributed by atoms with van der Waals surface area (Å²) in [6.45, 7) is 0. The number of likely N-dealkylation sites (N-methyl/N-ethyl adjacent to an activating group) is 1. The summed E-state index contributed by atoms with van der Waals surface area (Å²) in [6, 6.07) is 16.0. The Morgan fingerprint density at radius 1 is 1.16 bits per heavy atom. The molecule has 1 aliphatic heterocycles. The van der Waals surface area contributed by atoms with E-state index in [1.807, 2.05) is 49.5 Å². The highest BCUT2D eigenvalue weighted by molar-refractivity contribution is 9.10. The van der Waals surface area contributed by atoms with Gasteiger partial charge in [0.1, 0.15) is 5.25 Å². The van der Waals surface area contributed by atoms with Gasteiger partial charge in [-0.25, -0.2) is 0 Å². The third kappa shape index (κ3) is 2.30. The van der Waals surface area contributed by atoms with Crippen LogP contribution in [-0.4, -0.2) is 13.0 Å². The molecular weight excluding hydrogens is 322 g/mol. The summed E-state index contributed by atoms with van der Waals surface area (Å²) < 4.78 is 1.000. The Balaban J connectivity index is 2.04. The number of halogens is 1. The SMILES string of the molecule is CN1C(=O)C(c2cccc(Br)c2)Sc2ccccc21. The number of para-hydroxylation sites is 1. The predicted molar refractivity (Wildman–Crippen MR) is 82.6 cm³/mol. The van der Waals surface area contributed by atoms with Crippen LogP contribution in [0.3, 0.4) is 0 Å². The number of carbonyl (C=O) groups excluding carboxylic acids is 1. The molecule has 19 heavy (non-hydrogen) atoms. The normalized spacial score (nSPS) is 18.3. The summed E-state index contributed by atoms with van der Waals surface area (Å²) in [7, 11) is 1.84. The maximum atomic E-state index is 12.5. The molecule has 96 valence electrons. The number of amides is 1. The Labute approximate surface area is 124 Å². The van der Waals surface area contributed by atoms with Crippen LogP contribution < -0.4 is 4.90 Å². The molecular formula is C15H12BrNOS. The molecule has 1 unspecified atom stereocenters. The minimum atomic E-state index is -0.169. The van der Waals surface area contributed by atoms with Gasteiger partial charge in [0.2, 0.25) is 5.91 Å². The van der Waals surface area contributed by atoms with Crippen LogP contribution in [0.1, 0.15) is 10.8 Å². The van der Waals surface area contributed by atoms with Gasteiger partial charge in [0.25, 0.3) is 0 Å². The van der Waals surface area contributed by atoms with Gasteiger partial charge < -0.3 is 4.90 Å². The van der Waals surface area contributed by atoms with Crippen molar-refractivity contribution in [2.24, 2.45) is 0 Å². The van der Waals surface area contributed by atoms with E-state index in [2.05, 4.69) is 22.0 Å². The molecule has 0 radical (unpaired) electrons. The van der Waals surface area contributed by atoms with Gasteiger partial charge in [0, 0.05) is 16.4 Å². The lowest BCUT2D eigenvalue weighted by Crippen LogP contribution is -2.33. The predicted octanol–water partition coefficient (Wildman–Crippen LogP) is 4.26. The van der Waals surface area contributed by atoms with Crippen LogP contribution in [-0.2, 0) is 4.79 Å². The van der Waals surface area contributed by atoms with E-state index in [0.29, 0.717) is 0 Å². The van der Waals surface area contributed by atoms with E-state index in [9.17, 15) is 4.79 Å². The first-order valence-electron chi connectivity index (χ1n) is 5.95. The quantitative estimate of drug-likeness (QED) is 0.777. The second-order valence-corrected chi connectivity index (χ2v) is 6.48. The van der Waals surface area contributed by atoms with Crippen molar-refractivity contribution in [2.45, 2.75) is 10.1 Å². The van der Waals surface area contributed by atoms with Gasteiger partial charge in [0.15, 0.2) is 0 Å². The molecule has 0 fully saturated rings. The van der Waals surface area contributed by atoms with Gasteiger partial charge >= 0.3 is 0 Å². The zero-order valence-corrected chi connectivity index (χ0v) is 12.7. The molecule has 0 aliphatic carbocycles. The topological polar surface area (TPSA) is 20.3 Å². The summed E-state index contributed by atoms with van der Waals surface area (Å²) in [5, 5.41) is -0.169. The molecule has 0 saturated heterocycles. The molecule has 0 aromatic heterocycles. The summed E-state index contributed by atoms with van der Waals surface area (Å²) in [6.07, 6.45) is 0. The molecule has 2 aromatic rings. The molecule has 0 bridgehead atoms. The second kappa shape index (κ2) is 5.02. The standard InChI is InChI=1S/C15H12BrNOS/c1-17-12-7-2-3-8-13(12)19-14(15(17)18)10-5-4-6-11(16)9-10/h2-9,14H,1H3. The Hall–Kier alpha value is -1.26. The van der Waals surface area contributed by atoms with Gasteiger partial charge in [-0.2, -0.15) is 0 Å². The molecule has 1 aliphatic rings. The summed E-state index contributed by atoms with van der Waals surface area (Å²) in [4.78, 5) is 15.4. The number of rotatable bonds is 1. The van der Waals surface area contributed by atoms with Gasteiger partial charge in [0.05, 0.1) is 5.69 Å². The number of hydrogen-bond acceptors (Lipinski definition) is 2. The Kier molecular flexibility index (Phi) is 3.37. The highest BCUT2D eigenvalue weighted by Gasteiger charge is 2.32. The number of thioether (sulfide) groups is 1. The minimum Gasteiger partial charge on any atom is -0.313 e. The maximum Gasteiger partial charge on any atom is 0.244 e. The van der Waals surface area contributed by atoms with Crippen LogP contribution >= 0.6 is 27.7 Å². The van der Waals surface area contributed by atoms with E-state index >= 15 is 0 Å². The Morgan fingerprint density at radius 3 is 2.74 bits per heavy atom. The van der Waals surface area contributed by atoms with E-state index in [-0.39, 0.29) is 11.2 Å². The number of carbonyl (C=O) groups is 1. The van der Waals surface area contributed by atoms with Gasteiger partial charge in [-0.1, -0.05) is 40.2 Å². The number of nitrogens with zero attached hydrogens (tertiary/aromatic N) is 1. The first-order valence-corrected chi connectivity index (χ1v) is 7.63. The van der Waals surface area contributed by atoms with Crippen molar-refractivity contribution in [3.63, 3.8) is 0 Å². The van der Waals surface area contributed by atoms with Crippen LogP contribution in [0.25, 0.3) is 0 Å². The fourth-order valence-corrected chi connectivity index (χ4v) is 3.88. The summed E-state index contributed by atoms with van der Waals surface area (Å²) in [5.74, 6) is 0.127. The van der Waals surface area contributed by atoms with Crippen molar-refractivity contribution < 1.29 is 4.79 Å². The minimum absolute atomic E-state index is 0.127. The zero-order chi connectivity index (χ0) is 13.4. The average Bonchev–Trinajstić information content (AvgIpc) is 2.43. The van der Waals surface area contributed by atoms with E-state index in [1.54, 1.807) is 16.7 Å². The third-order valence-corrected chi connectivity index (χ3v) is 4.98. The van der Waals surface area contributed by atoms with Gasteiger partial charge in [-0.05, 0) is 29.8 Å². The fraction of sp³-hybridized carbons (Fsp3) is 0.133. The summed E-state index contributed by atoms with van der Waals surface area (Å²) in [5.41, 5.74) is 2.02. The van der Waals surface area contributed by atoms with Crippen LogP contribution in [0, 0.1) is 0 Å². The maximum absolute atomic E-state index is 12.5. The monoisotopic (exact) mass is 333 g/mol. The Morgan fingerprint density at radius 2 is 1.95 bits per heavy atom. The first-order chi connectivity index (χ1) is 9.16. The highest BCUT2D eigenvalue weighted by Crippen LogP contribution is 2.45. The van der Waals surface area contributed by atoms with E-state index < -0.39 is 0 Å². The van der Waals surface area contributed by atoms with E-state index in [4.69, 9.17) is 0 Å². The number of fused-ring (bicyclic) bond motifs is 1. The largest absolute Gasteiger partial charge is 0.313 e. The van der Waals surface area contributed by atoms with Crippen LogP contribution in [0.2, 0.25) is 0 Å². The van der Waals surface area contributed by atoms with Crippen LogP contribution in [0.5, 0.6) is 0 Å². The molecule has 3 rings (SSSR count). The fourth-order valence-electron chi connectivity index (χ4n) is 2.19. The van der Waals surface area contributed by atoms with Crippen molar-refractivity contribution in [1.82, 2.24) is 0 Å². The smallest absolute Gasteiger partial charge is 0.244 e. The third-order valence-electron chi connectivity index (χ3n) is 3.18. The molecule has 1 amide bonds. The lowest BCUT2D eigenvalue weighted by molar-refractivity contribution is -0.118. The average molecular weight is 334 g/mol. The van der Waals surface area contributed by atoms with E-state index in [0.717, 1.165) is 20.6 Å². The lowest BCUT2D eigenvalue weighted by atomic mass is 10.1. The number of hydrogen-bond donors (Lipinski definition) is 0. The molecule has 1 atom stereocenters. The number of anilines is 1. The van der Waals surface area contributed by atoms with Crippen molar-refractivity contribution >= 4 is 39.3 Å². The molecule has 0 saturated carbocycles. The number of benzene rings is 2. The van der Waals surface area contributed by atoms with Crippen LogP contribution in [0.15, 0.2) is 57.9 Å². The lowest BCUT2D eigenvalue weighted by Gasteiger charge is -2.31. The molecule has 0 N–H and O–H groups in total. The van der Waals surface area contributed by atoms with Crippen molar-refractivity contribution in [2.75, 3.05) is 11.9 Å². The summed E-state index contributed by atoms with van der Waals surface area (Å²) >= 11 is 5.08. The van der Waals surface area contributed by atoms with Gasteiger partial charge in [-0.3, -0.25) is 4.79 Å². The Bertz CT molecular complexity index is 644. The molecule has 0 spiro atoms. The highest BCUT2D eigenvalue weighted by atomic mass is 79.9. The van der Waals surface area contributed by atoms with Crippen molar-refractivity contribution in [3.05, 3.63) is 58.6 Å².